The zero-order valence-corrected chi connectivity index (χ0v) is 15.3. The van der Waals surface area contributed by atoms with Crippen molar-refractivity contribution in [3.8, 4) is 0 Å². The second-order valence-electron chi connectivity index (χ2n) is 7.25. The molecule has 4 rings (SSSR count). The van der Waals surface area contributed by atoms with Gasteiger partial charge in [0.2, 0.25) is 0 Å². The molecule has 1 aliphatic carbocycles. The minimum absolute atomic E-state index is 0.213. The van der Waals surface area contributed by atoms with Crippen LogP contribution in [-0.4, -0.2) is 79.1 Å². The summed E-state index contributed by atoms with van der Waals surface area (Å²) in [6.07, 6.45) is 3.65. The van der Waals surface area contributed by atoms with E-state index in [-0.39, 0.29) is 12.0 Å². The van der Waals surface area contributed by atoms with Gasteiger partial charge in [0.25, 0.3) is 5.91 Å². The third-order valence-corrected chi connectivity index (χ3v) is 6.65. The van der Waals surface area contributed by atoms with Crippen molar-refractivity contribution in [2.24, 2.45) is 0 Å². The summed E-state index contributed by atoms with van der Waals surface area (Å²) < 4.78 is 5.83. The lowest BCUT2D eigenvalue weighted by Crippen LogP contribution is -2.51. The number of morpholine rings is 1. The summed E-state index contributed by atoms with van der Waals surface area (Å²) in [4.78, 5) is 22.1. The molecule has 5 nitrogen and oxygen atoms in total. The monoisotopic (exact) mass is 349 g/mol. The third kappa shape index (κ3) is 3.38. The van der Waals surface area contributed by atoms with Gasteiger partial charge in [0, 0.05) is 44.1 Å². The van der Waals surface area contributed by atoms with Crippen LogP contribution in [0.1, 0.15) is 33.8 Å². The SMILES string of the molecule is CN1CCN(Cc2ccc(C(=O)N3CCO[C@@H]4CCC[C@@H]43)s2)CC1. The van der Waals surface area contributed by atoms with Gasteiger partial charge in [-0.15, -0.1) is 11.3 Å². The van der Waals surface area contributed by atoms with E-state index in [1.807, 2.05) is 6.07 Å². The van der Waals surface area contributed by atoms with Crippen molar-refractivity contribution in [1.29, 1.82) is 0 Å². The molecule has 3 fully saturated rings. The minimum atomic E-state index is 0.213. The second-order valence-corrected chi connectivity index (χ2v) is 8.42. The number of nitrogens with zero attached hydrogens (tertiary/aromatic N) is 3. The molecule has 24 heavy (non-hydrogen) atoms. The van der Waals surface area contributed by atoms with Gasteiger partial charge in [-0.25, -0.2) is 0 Å². The lowest BCUT2D eigenvalue weighted by Gasteiger charge is -2.37. The number of carbonyl (C=O) groups is 1. The van der Waals surface area contributed by atoms with E-state index >= 15 is 0 Å². The Kier molecular flexibility index (Phi) is 4.90. The summed E-state index contributed by atoms with van der Waals surface area (Å²) >= 11 is 1.68. The topological polar surface area (TPSA) is 36.0 Å². The summed E-state index contributed by atoms with van der Waals surface area (Å²) in [5.41, 5.74) is 0. The Bertz CT molecular complexity index is 583. The van der Waals surface area contributed by atoms with Crippen LogP contribution in [0.3, 0.4) is 0 Å². The van der Waals surface area contributed by atoms with E-state index in [4.69, 9.17) is 4.74 Å². The van der Waals surface area contributed by atoms with Crippen LogP contribution in [0.15, 0.2) is 12.1 Å². The molecule has 1 amide bonds. The van der Waals surface area contributed by atoms with Crippen LogP contribution in [0.25, 0.3) is 0 Å². The summed E-state index contributed by atoms with van der Waals surface area (Å²) in [7, 11) is 2.18. The zero-order chi connectivity index (χ0) is 16.5. The first-order valence-corrected chi connectivity index (χ1v) is 9.94. The average Bonchev–Trinajstić information content (AvgIpc) is 3.25. The van der Waals surface area contributed by atoms with E-state index in [0.717, 1.165) is 57.0 Å². The standard InChI is InChI=1S/C18H27N3O2S/c1-19-7-9-20(10-8-19)13-14-5-6-17(24-14)18(22)21-11-12-23-16-4-2-3-15(16)21/h5-6,15-16H,2-4,7-13H2,1H3/t15-,16+/m0/s1. The highest BCUT2D eigenvalue weighted by Crippen LogP contribution is 2.31. The molecule has 2 aliphatic heterocycles. The molecule has 0 spiro atoms. The van der Waals surface area contributed by atoms with Crippen molar-refractivity contribution in [2.75, 3.05) is 46.4 Å². The lowest BCUT2D eigenvalue weighted by atomic mass is 10.1. The molecule has 0 radical (unpaired) electrons. The van der Waals surface area contributed by atoms with Crippen LogP contribution in [0.5, 0.6) is 0 Å². The Labute approximate surface area is 148 Å². The van der Waals surface area contributed by atoms with E-state index in [9.17, 15) is 4.79 Å². The Morgan fingerprint density at radius 3 is 2.88 bits per heavy atom. The highest BCUT2D eigenvalue weighted by Gasteiger charge is 2.38. The molecule has 1 aromatic heterocycles. The Morgan fingerprint density at radius 1 is 1.21 bits per heavy atom. The van der Waals surface area contributed by atoms with Gasteiger partial charge in [-0.1, -0.05) is 0 Å². The minimum Gasteiger partial charge on any atom is -0.374 e. The van der Waals surface area contributed by atoms with E-state index < -0.39 is 0 Å². The molecule has 6 heteroatoms. The molecule has 0 aromatic carbocycles. The van der Waals surface area contributed by atoms with Crippen LogP contribution in [0.4, 0.5) is 0 Å². The normalized spacial score (nSPS) is 29.0. The number of fused-ring (bicyclic) bond motifs is 1. The molecule has 0 N–H and O–H groups in total. The van der Waals surface area contributed by atoms with E-state index in [1.165, 1.54) is 11.3 Å². The highest BCUT2D eigenvalue weighted by molar-refractivity contribution is 7.14. The number of carbonyl (C=O) groups excluding carboxylic acids is 1. The number of hydrogen-bond acceptors (Lipinski definition) is 5. The second kappa shape index (κ2) is 7.12. The molecular formula is C18H27N3O2S. The van der Waals surface area contributed by atoms with Crippen LogP contribution in [0.2, 0.25) is 0 Å². The molecule has 2 atom stereocenters. The molecule has 132 valence electrons. The lowest BCUT2D eigenvalue weighted by molar-refractivity contribution is -0.0443. The number of likely N-dealkylation sites (N-methyl/N-ethyl adjacent to an activating group) is 1. The molecular weight excluding hydrogens is 322 g/mol. The van der Waals surface area contributed by atoms with Crippen molar-refractivity contribution in [1.82, 2.24) is 14.7 Å². The summed E-state index contributed by atoms with van der Waals surface area (Å²) in [5, 5.41) is 0. The average molecular weight is 350 g/mol. The predicted octanol–water partition coefficient (Wildman–Crippen LogP) is 1.89. The van der Waals surface area contributed by atoms with Gasteiger partial charge in [-0.3, -0.25) is 9.69 Å². The van der Waals surface area contributed by atoms with Crippen molar-refractivity contribution in [3.63, 3.8) is 0 Å². The Balaban J connectivity index is 1.39. The first kappa shape index (κ1) is 16.5. The van der Waals surface area contributed by atoms with Crippen molar-refractivity contribution >= 4 is 17.2 Å². The fourth-order valence-corrected chi connectivity index (χ4v) is 5.13. The van der Waals surface area contributed by atoms with Gasteiger partial charge < -0.3 is 14.5 Å². The molecule has 1 saturated carbocycles. The third-order valence-electron chi connectivity index (χ3n) is 5.59. The van der Waals surface area contributed by atoms with Crippen molar-refractivity contribution in [2.45, 2.75) is 38.0 Å². The van der Waals surface area contributed by atoms with Crippen LogP contribution < -0.4 is 0 Å². The van der Waals surface area contributed by atoms with E-state index in [2.05, 4.69) is 27.8 Å². The molecule has 2 saturated heterocycles. The first-order chi connectivity index (χ1) is 11.7. The van der Waals surface area contributed by atoms with Crippen molar-refractivity contribution < 1.29 is 9.53 Å². The van der Waals surface area contributed by atoms with E-state index in [0.29, 0.717) is 12.6 Å². The summed E-state index contributed by atoms with van der Waals surface area (Å²) in [6.45, 7) is 6.90. The van der Waals surface area contributed by atoms with Gasteiger partial charge in [-0.2, -0.15) is 0 Å². The number of ether oxygens (including phenoxy) is 1. The molecule has 3 aliphatic rings. The number of hydrogen-bond donors (Lipinski definition) is 0. The quantitative estimate of drug-likeness (QED) is 0.835. The largest absolute Gasteiger partial charge is 0.374 e. The van der Waals surface area contributed by atoms with Gasteiger partial charge in [0.1, 0.15) is 0 Å². The maximum absolute atomic E-state index is 13.0. The summed E-state index contributed by atoms with van der Waals surface area (Å²) in [5.74, 6) is 0.213. The predicted molar refractivity (Wildman–Crippen MR) is 95.5 cm³/mol. The smallest absolute Gasteiger partial charge is 0.264 e. The molecule has 3 heterocycles. The maximum atomic E-state index is 13.0. The number of thiophene rings is 1. The van der Waals surface area contributed by atoms with Crippen LogP contribution >= 0.6 is 11.3 Å². The molecule has 0 unspecified atom stereocenters. The summed E-state index contributed by atoms with van der Waals surface area (Å²) in [6, 6.07) is 4.47. The first-order valence-electron chi connectivity index (χ1n) is 9.13. The number of rotatable bonds is 3. The van der Waals surface area contributed by atoms with E-state index in [1.54, 1.807) is 11.3 Å². The number of piperazine rings is 1. The fourth-order valence-electron chi connectivity index (χ4n) is 4.12. The fraction of sp³-hybridized carbons (Fsp3) is 0.722. The Hall–Kier alpha value is -0.950. The zero-order valence-electron chi connectivity index (χ0n) is 14.4. The maximum Gasteiger partial charge on any atom is 0.264 e. The molecule has 1 aromatic rings. The van der Waals surface area contributed by atoms with Gasteiger partial charge >= 0.3 is 0 Å². The van der Waals surface area contributed by atoms with Gasteiger partial charge in [0.05, 0.1) is 23.6 Å². The molecule has 0 bridgehead atoms. The Morgan fingerprint density at radius 2 is 2.04 bits per heavy atom. The van der Waals surface area contributed by atoms with Crippen LogP contribution in [-0.2, 0) is 11.3 Å². The highest BCUT2D eigenvalue weighted by atomic mass is 32.1. The van der Waals surface area contributed by atoms with Crippen molar-refractivity contribution in [3.05, 3.63) is 21.9 Å². The van der Waals surface area contributed by atoms with Crippen LogP contribution in [0, 0.1) is 0 Å². The number of amides is 1. The van der Waals surface area contributed by atoms with Gasteiger partial charge in [-0.05, 0) is 38.4 Å². The van der Waals surface area contributed by atoms with Gasteiger partial charge in [0.15, 0.2) is 0 Å².